The SMILES string of the molecule is CSc1nc(N)cc(Oc2ccc3cc(Br)ccc3c2)n1. The van der Waals surface area contributed by atoms with Gasteiger partial charge in [0.2, 0.25) is 5.88 Å². The summed E-state index contributed by atoms with van der Waals surface area (Å²) in [6.45, 7) is 0. The van der Waals surface area contributed by atoms with Gasteiger partial charge in [0, 0.05) is 10.5 Å². The van der Waals surface area contributed by atoms with Gasteiger partial charge < -0.3 is 10.5 Å². The van der Waals surface area contributed by atoms with Crippen molar-refractivity contribution in [1.29, 1.82) is 0 Å². The summed E-state index contributed by atoms with van der Waals surface area (Å²) < 4.78 is 6.84. The first-order valence-corrected chi connectivity index (χ1v) is 8.21. The van der Waals surface area contributed by atoms with Crippen molar-refractivity contribution >= 4 is 44.3 Å². The fourth-order valence-corrected chi connectivity index (χ4v) is 2.70. The minimum Gasteiger partial charge on any atom is -0.439 e. The van der Waals surface area contributed by atoms with Crippen LogP contribution in [-0.4, -0.2) is 16.2 Å². The molecule has 2 aromatic carbocycles. The van der Waals surface area contributed by atoms with Crippen LogP contribution in [0.25, 0.3) is 10.8 Å². The van der Waals surface area contributed by atoms with Crippen LogP contribution in [-0.2, 0) is 0 Å². The second-order valence-electron chi connectivity index (χ2n) is 4.37. The Morgan fingerprint density at radius 1 is 1.05 bits per heavy atom. The van der Waals surface area contributed by atoms with Gasteiger partial charge in [-0.05, 0) is 41.3 Å². The number of aromatic nitrogens is 2. The molecule has 4 nitrogen and oxygen atoms in total. The third kappa shape index (κ3) is 3.28. The minimum atomic E-state index is 0.397. The molecule has 0 spiro atoms. The second kappa shape index (κ2) is 5.91. The van der Waals surface area contributed by atoms with Crippen LogP contribution < -0.4 is 10.5 Å². The quantitative estimate of drug-likeness (QED) is 0.550. The maximum absolute atomic E-state index is 5.78. The Hall–Kier alpha value is -1.79. The highest BCUT2D eigenvalue weighted by molar-refractivity contribution is 9.10. The Bertz CT molecular complexity index is 810. The van der Waals surface area contributed by atoms with Gasteiger partial charge in [0.25, 0.3) is 0 Å². The lowest BCUT2D eigenvalue weighted by Gasteiger charge is -2.08. The Kier molecular flexibility index (Phi) is 3.98. The molecule has 21 heavy (non-hydrogen) atoms. The molecule has 0 amide bonds. The first-order valence-electron chi connectivity index (χ1n) is 6.20. The predicted molar refractivity (Wildman–Crippen MR) is 89.9 cm³/mol. The fourth-order valence-electron chi connectivity index (χ4n) is 1.94. The normalized spacial score (nSPS) is 10.8. The zero-order valence-corrected chi connectivity index (χ0v) is 13.6. The van der Waals surface area contributed by atoms with Crippen molar-refractivity contribution < 1.29 is 4.74 Å². The van der Waals surface area contributed by atoms with Crippen LogP contribution >= 0.6 is 27.7 Å². The molecule has 106 valence electrons. The van der Waals surface area contributed by atoms with Crippen molar-refractivity contribution in [3.8, 4) is 11.6 Å². The monoisotopic (exact) mass is 361 g/mol. The molecule has 0 saturated heterocycles. The van der Waals surface area contributed by atoms with Crippen LogP contribution in [0.5, 0.6) is 11.6 Å². The number of nitrogen functional groups attached to an aromatic ring is 1. The van der Waals surface area contributed by atoms with Crippen LogP contribution in [0.15, 0.2) is 52.1 Å². The molecule has 0 radical (unpaired) electrons. The Balaban J connectivity index is 1.94. The molecule has 0 aliphatic heterocycles. The number of anilines is 1. The van der Waals surface area contributed by atoms with Crippen LogP contribution in [0.1, 0.15) is 0 Å². The smallest absolute Gasteiger partial charge is 0.225 e. The first kappa shape index (κ1) is 14.2. The van der Waals surface area contributed by atoms with E-state index in [1.807, 2.05) is 36.6 Å². The number of benzene rings is 2. The van der Waals surface area contributed by atoms with Crippen LogP contribution in [0.4, 0.5) is 5.82 Å². The van der Waals surface area contributed by atoms with E-state index in [0.717, 1.165) is 21.0 Å². The highest BCUT2D eigenvalue weighted by Crippen LogP contribution is 2.28. The molecule has 3 rings (SSSR count). The number of nitrogens with two attached hydrogens (primary N) is 1. The molecule has 1 aromatic heterocycles. The van der Waals surface area contributed by atoms with Crippen molar-refractivity contribution in [3.63, 3.8) is 0 Å². The van der Waals surface area contributed by atoms with Crippen LogP contribution in [0.2, 0.25) is 0 Å². The van der Waals surface area contributed by atoms with E-state index in [1.165, 1.54) is 11.8 Å². The summed E-state index contributed by atoms with van der Waals surface area (Å²) in [5.74, 6) is 1.56. The highest BCUT2D eigenvalue weighted by atomic mass is 79.9. The number of hydrogen-bond acceptors (Lipinski definition) is 5. The lowest BCUT2D eigenvalue weighted by Crippen LogP contribution is -1.97. The Morgan fingerprint density at radius 3 is 2.62 bits per heavy atom. The largest absolute Gasteiger partial charge is 0.439 e. The lowest BCUT2D eigenvalue weighted by atomic mass is 10.1. The van der Waals surface area contributed by atoms with E-state index in [2.05, 4.69) is 32.0 Å². The summed E-state index contributed by atoms with van der Waals surface area (Å²) >= 11 is 4.89. The molecule has 0 fully saturated rings. The van der Waals surface area contributed by atoms with Crippen molar-refractivity contribution in [2.24, 2.45) is 0 Å². The average molecular weight is 362 g/mol. The molecule has 0 bridgehead atoms. The zero-order valence-electron chi connectivity index (χ0n) is 11.2. The fraction of sp³-hybridized carbons (Fsp3) is 0.0667. The lowest BCUT2D eigenvalue weighted by molar-refractivity contribution is 0.457. The van der Waals surface area contributed by atoms with E-state index >= 15 is 0 Å². The summed E-state index contributed by atoms with van der Waals surface area (Å²) in [5, 5.41) is 2.83. The summed E-state index contributed by atoms with van der Waals surface area (Å²) in [7, 11) is 0. The maximum Gasteiger partial charge on any atom is 0.225 e. The summed E-state index contributed by atoms with van der Waals surface area (Å²) in [5.41, 5.74) is 5.75. The van der Waals surface area contributed by atoms with Gasteiger partial charge in [-0.1, -0.05) is 39.8 Å². The summed E-state index contributed by atoms with van der Waals surface area (Å²) in [4.78, 5) is 8.38. The number of nitrogens with zero attached hydrogens (tertiary/aromatic N) is 2. The molecular formula is C15H12BrN3OS. The van der Waals surface area contributed by atoms with Crippen molar-refractivity contribution in [2.75, 3.05) is 12.0 Å². The van der Waals surface area contributed by atoms with Crippen LogP contribution in [0.3, 0.4) is 0 Å². The van der Waals surface area contributed by atoms with Gasteiger partial charge >= 0.3 is 0 Å². The molecule has 2 N–H and O–H groups in total. The molecule has 0 saturated carbocycles. The Morgan fingerprint density at radius 2 is 1.81 bits per heavy atom. The number of thioether (sulfide) groups is 1. The van der Waals surface area contributed by atoms with Crippen LogP contribution in [0, 0.1) is 0 Å². The third-order valence-electron chi connectivity index (χ3n) is 2.88. The van der Waals surface area contributed by atoms with Crippen molar-refractivity contribution in [3.05, 3.63) is 46.9 Å². The van der Waals surface area contributed by atoms with E-state index in [9.17, 15) is 0 Å². The van der Waals surface area contributed by atoms with Gasteiger partial charge in [0.1, 0.15) is 11.6 Å². The van der Waals surface area contributed by atoms with E-state index < -0.39 is 0 Å². The van der Waals surface area contributed by atoms with Gasteiger partial charge in [-0.15, -0.1) is 0 Å². The number of fused-ring (bicyclic) bond motifs is 1. The summed E-state index contributed by atoms with van der Waals surface area (Å²) in [6.07, 6.45) is 1.90. The van der Waals surface area contributed by atoms with E-state index in [0.29, 0.717) is 16.9 Å². The number of rotatable bonds is 3. The van der Waals surface area contributed by atoms with Gasteiger partial charge in [0.15, 0.2) is 5.16 Å². The molecule has 0 atom stereocenters. The van der Waals surface area contributed by atoms with E-state index in [-0.39, 0.29) is 0 Å². The van der Waals surface area contributed by atoms with Gasteiger partial charge in [-0.2, -0.15) is 4.98 Å². The topological polar surface area (TPSA) is 61.0 Å². The summed E-state index contributed by atoms with van der Waals surface area (Å²) in [6, 6.07) is 13.6. The molecule has 0 aliphatic carbocycles. The Labute approximate surface area is 134 Å². The van der Waals surface area contributed by atoms with Crippen molar-refractivity contribution in [2.45, 2.75) is 5.16 Å². The van der Waals surface area contributed by atoms with Gasteiger partial charge in [0.05, 0.1) is 0 Å². The first-order chi connectivity index (χ1) is 10.1. The zero-order chi connectivity index (χ0) is 14.8. The maximum atomic E-state index is 5.78. The molecule has 6 heteroatoms. The number of halogens is 1. The number of ether oxygens (including phenoxy) is 1. The predicted octanol–water partition coefficient (Wildman–Crippen LogP) is 4.49. The van der Waals surface area contributed by atoms with Crippen molar-refractivity contribution in [1.82, 2.24) is 9.97 Å². The van der Waals surface area contributed by atoms with Gasteiger partial charge in [-0.25, -0.2) is 4.98 Å². The average Bonchev–Trinajstić information content (AvgIpc) is 2.47. The van der Waals surface area contributed by atoms with Gasteiger partial charge in [-0.3, -0.25) is 0 Å². The molecule has 3 aromatic rings. The van der Waals surface area contributed by atoms with E-state index in [1.54, 1.807) is 6.07 Å². The molecule has 1 heterocycles. The highest BCUT2D eigenvalue weighted by Gasteiger charge is 2.05. The molecule has 0 unspecified atom stereocenters. The standard InChI is InChI=1S/C15H12BrN3OS/c1-21-15-18-13(17)8-14(19-15)20-12-5-3-9-6-11(16)4-2-10(9)7-12/h2-8H,1H3,(H2,17,18,19). The third-order valence-corrected chi connectivity index (χ3v) is 3.92. The van der Waals surface area contributed by atoms with E-state index in [4.69, 9.17) is 10.5 Å². The second-order valence-corrected chi connectivity index (χ2v) is 6.06. The number of hydrogen-bond donors (Lipinski definition) is 1. The minimum absolute atomic E-state index is 0.397. The molecule has 0 aliphatic rings. The molecular weight excluding hydrogens is 350 g/mol.